The molecule has 2 N–H and O–H groups in total. The van der Waals surface area contributed by atoms with Gasteiger partial charge in [0.2, 0.25) is 0 Å². The normalized spacial score (nSPS) is 16.5. The van der Waals surface area contributed by atoms with E-state index in [1.165, 1.54) is 0 Å². The van der Waals surface area contributed by atoms with Crippen LogP contribution >= 0.6 is 0 Å². The van der Waals surface area contributed by atoms with Crippen LogP contribution in [0.5, 0.6) is 5.75 Å². The maximum atomic E-state index is 12.5. The average Bonchev–Trinajstić information content (AvgIpc) is 2.54. The molecule has 1 aliphatic heterocycles. The number of carbonyl (C=O) groups excluding carboxylic acids is 1. The Balaban J connectivity index is 2.05. The molecule has 0 aliphatic carbocycles. The van der Waals surface area contributed by atoms with Crippen molar-refractivity contribution in [1.29, 1.82) is 0 Å². The van der Waals surface area contributed by atoms with E-state index in [9.17, 15) is 9.59 Å². The molecule has 0 bridgehead atoms. The Hall–Kier alpha value is -2.08. The third-order valence-corrected chi connectivity index (χ3v) is 4.39. The lowest BCUT2D eigenvalue weighted by Crippen LogP contribution is -2.40. The molecule has 1 heterocycles. The van der Waals surface area contributed by atoms with Crippen molar-refractivity contribution in [3.63, 3.8) is 0 Å². The number of rotatable bonds is 6. The molecule has 0 saturated carbocycles. The maximum absolute atomic E-state index is 12.5. The van der Waals surface area contributed by atoms with Gasteiger partial charge in [-0.15, -0.1) is 0 Å². The van der Waals surface area contributed by atoms with Crippen LogP contribution in [0.1, 0.15) is 41.3 Å². The Morgan fingerprint density at radius 1 is 1.29 bits per heavy atom. The van der Waals surface area contributed by atoms with Crippen LogP contribution in [0.4, 0.5) is 0 Å². The van der Waals surface area contributed by atoms with Gasteiger partial charge in [0.25, 0.3) is 5.91 Å². The summed E-state index contributed by atoms with van der Waals surface area (Å²) in [4.78, 5) is 23.1. The molecule has 1 aromatic carbocycles. The lowest BCUT2D eigenvalue weighted by molar-refractivity contribution is -0.139. The predicted octanol–water partition coefficient (Wildman–Crippen LogP) is 2.31. The standard InChI is InChI=1S/C18H25NO5/c1-11-8-15(9-12(2)17(11)24-10-16(20)21)18(22)19-13(3)14-4-6-23-7-5-14/h8-9,13-14H,4-7,10H2,1-3H3,(H,19,22)(H,20,21). The monoisotopic (exact) mass is 335 g/mol. The number of aryl methyl sites for hydroxylation is 2. The summed E-state index contributed by atoms with van der Waals surface area (Å²) in [7, 11) is 0. The van der Waals surface area contributed by atoms with Crippen LogP contribution < -0.4 is 10.1 Å². The van der Waals surface area contributed by atoms with Gasteiger partial charge in [-0.1, -0.05) is 0 Å². The van der Waals surface area contributed by atoms with Gasteiger partial charge in [-0.25, -0.2) is 4.79 Å². The van der Waals surface area contributed by atoms with Crippen LogP contribution in [0.15, 0.2) is 12.1 Å². The van der Waals surface area contributed by atoms with Crippen LogP contribution in [0.3, 0.4) is 0 Å². The van der Waals surface area contributed by atoms with Crippen molar-refractivity contribution < 1.29 is 24.2 Å². The number of ether oxygens (including phenoxy) is 2. The van der Waals surface area contributed by atoms with E-state index in [2.05, 4.69) is 5.32 Å². The number of amides is 1. The van der Waals surface area contributed by atoms with Gasteiger partial charge < -0.3 is 19.9 Å². The van der Waals surface area contributed by atoms with E-state index in [0.717, 1.165) is 37.2 Å². The first-order chi connectivity index (χ1) is 11.4. The van der Waals surface area contributed by atoms with Crippen molar-refractivity contribution in [3.8, 4) is 5.75 Å². The Morgan fingerprint density at radius 3 is 2.42 bits per heavy atom. The summed E-state index contributed by atoms with van der Waals surface area (Å²) in [5.74, 6) is -0.194. The molecule has 0 spiro atoms. The van der Waals surface area contributed by atoms with Gasteiger partial charge in [0, 0.05) is 24.8 Å². The maximum Gasteiger partial charge on any atom is 0.341 e. The molecule has 2 rings (SSSR count). The third kappa shape index (κ3) is 4.71. The number of nitrogens with one attached hydrogen (secondary N) is 1. The van der Waals surface area contributed by atoms with Gasteiger partial charge >= 0.3 is 5.97 Å². The third-order valence-electron chi connectivity index (χ3n) is 4.39. The van der Waals surface area contributed by atoms with E-state index in [4.69, 9.17) is 14.6 Å². The van der Waals surface area contributed by atoms with Crippen molar-refractivity contribution in [3.05, 3.63) is 28.8 Å². The molecular weight excluding hydrogens is 310 g/mol. The molecule has 1 atom stereocenters. The number of carboxylic acid groups (broad SMARTS) is 1. The highest BCUT2D eigenvalue weighted by Gasteiger charge is 2.22. The van der Waals surface area contributed by atoms with Crippen LogP contribution in [-0.4, -0.2) is 42.8 Å². The lowest BCUT2D eigenvalue weighted by atomic mass is 9.92. The predicted molar refractivity (Wildman–Crippen MR) is 89.5 cm³/mol. The Labute approximate surface area is 142 Å². The number of hydrogen-bond donors (Lipinski definition) is 2. The highest BCUT2D eigenvalue weighted by atomic mass is 16.5. The fraction of sp³-hybridized carbons (Fsp3) is 0.556. The first-order valence-electron chi connectivity index (χ1n) is 8.23. The summed E-state index contributed by atoms with van der Waals surface area (Å²) in [5, 5.41) is 11.8. The van der Waals surface area contributed by atoms with Crippen LogP contribution in [0.25, 0.3) is 0 Å². The van der Waals surface area contributed by atoms with E-state index in [0.29, 0.717) is 17.2 Å². The van der Waals surface area contributed by atoms with Crippen LogP contribution in [0, 0.1) is 19.8 Å². The quantitative estimate of drug-likeness (QED) is 0.833. The van der Waals surface area contributed by atoms with Gasteiger partial charge in [0.1, 0.15) is 5.75 Å². The van der Waals surface area contributed by atoms with E-state index >= 15 is 0 Å². The fourth-order valence-corrected chi connectivity index (χ4v) is 3.07. The zero-order valence-corrected chi connectivity index (χ0v) is 14.4. The topological polar surface area (TPSA) is 84.9 Å². The van der Waals surface area contributed by atoms with Gasteiger partial charge in [-0.3, -0.25) is 4.79 Å². The summed E-state index contributed by atoms with van der Waals surface area (Å²) in [6.45, 7) is 6.75. The molecule has 1 unspecified atom stereocenters. The summed E-state index contributed by atoms with van der Waals surface area (Å²) in [6, 6.07) is 3.55. The second kappa shape index (κ2) is 8.15. The number of benzene rings is 1. The van der Waals surface area contributed by atoms with Crippen molar-refractivity contribution in [2.45, 2.75) is 39.7 Å². The van der Waals surface area contributed by atoms with Gasteiger partial charge in [0.15, 0.2) is 6.61 Å². The number of aliphatic carboxylic acids is 1. The zero-order chi connectivity index (χ0) is 17.7. The second-order valence-electron chi connectivity index (χ2n) is 6.33. The molecule has 6 heteroatoms. The van der Waals surface area contributed by atoms with E-state index in [-0.39, 0.29) is 11.9 Å². The largest absolute Gasteiger partial charge is 0.481 e. The molecule has 24 heavy (non-hydrogen) atoms. The Morgan fingerprint density at radius 2 is 1.88 bits per heavy atom. The smallest absolute Gasteiger partial charge is 0.341 e. The van der Waals surface area contributed by atoms with Crippen molar-refractivity contribution in [1.82, 2.24) is 5.32 Å². The second-order valence-corrected chi connectivity index (χ2v) is 6.33. The van der Waals surface area contributed by atoms with Gasteiger partial charge in [-0.2, -0.15) is 0 Å². The van der Waals surface area contributed by atoms with Gasteiger partial charge in [-0.05, 0) is 62.8 Å². The van der Waals surface area contributed by atoms with E-state index in [1.54, 1.807) is 12.1 Å². The van der Waals surface area contributed by atoms with E-state index in [1.807, 2.05) is 20.8 Å². The molecular formula is C18H25NO5. The highest BCUT2D eigenvalue weighted by molar-refractivity contribution is 5.95. The summed E-state index contributed by atoms with van der Waals surface area (Å²) in [6.07, 6.45) is 1.92. The minimum absolute atomic E-state index is 0.0879. The zero-order valence-electron chi connectivity index (χ0n) is 14.4. The molecule has 0 aromatic heterocycles. The minimum atomic E-state index is -1.03. The van der Waals surface area contributed by atoms with Crippen LogP contribution in [0.2, 0.25) is 0 Å². The van der Waals surface area contributed by atoms with Crippen molar-refractivity contribution in [2.24, 2.45) is 5.92 Å². The van der Waals surface area contributed by atoms with Gasteiger partial charge in [0.05, 0.1) is 0 Å². The fourth-order valence-electron chi connectivity index (χ4n) is 3.07. The number of hydrogen-bond acceptors (Lipinski definition) is 4. The first kappa shape index (κ1) is 18.3. The molecule has 0 radical (unpaired) electrons. The molecule has 132 valence electrons. The summed E-state index contributed by atoms with van der Waals surface area (Å²) < 4.78 is 10.7. The van der Waals surface area contributed by atoms with E-state index < -0.39 is 12.6 Å². The molecule has 6 nitrogen and oxygen atoms in total. The highest BCUT2D eigenvalue weighted by Crippen LogP contribution is 2.25. The molecule has 1 saturated heterocycles. The van der Waals surface area contributed by atoms with Crippen LogP contribution in [-0.2, 0) is 9.53 Å². The SMILES string of the molecule is Cc1cc(C(=O)NC(C)C2CCOCC2)cc(C)c1OCC(=O)O. The minimum Gasteiger partial charge on any atom is -0.481 e. The number of carbonyl (C=O) groups is 2. The molecule has 1 aliphatic rings. The summed E-state index contributed by atoms with van der Waals surface area (Å²) >= 11 is 0. The Kier molecular flexibility index (Phi) is 6.20. The lowest BCUT2D eigenvalue weighted by Gasteiger charge is -2.28. The molecule has 1 aromatic rings. The average molecular weight is 335 g/mol. The summed E-state index contributed by atoms with van der Waals surface area (Å²) in [5.41, 5.74) is 2.06. The number of carboxylic acids is 1. The Bertz CT molecular complexity index is 584. The molecule has 1 fully saturated rings. The van der Waals surface area contributed by atoms with Crippen molar-refractivity contribution in [2.75, 3.05) is 19.8 Å². The van der Waals surface area contributed by atoms with Crippen molar-refractivity contribution >= 4 is 11.9 Å². The molecule has 1 amide bonds. The first-order valence-corrected chi connectivity index (χ1v) is 8.23.